The van der Waals surface area contributed by atoms with Crippen LogP contribution in [0.5, 0.6) is 0 Å². The molecule has 1 aromatic rings. The summed E-state index contributed by atoms with van der Waals surface area (Å²) >= 11 is 1.15. The van der Waals surface area contributed by atoms with Crippen LogP contribution in [0.15, 0.2) is 45.4 Å². The number of nitrogens with two attached hydrogens (primary N) is 1. The molecule has 6 nitrogen and oxygen atoms in total. The van der Waals surface area contributed by atoms with Gasteiger partial charge in [-0.2, -0.15) is 0 Å². The van der Waals surface area contributed by atoms with Crippen LogP contribution in [0.25, 0.3) is 0 Å². The first-order chi connectivity index (χ1) is 9.17. The van der Waals surface area contributed by atoms with E-state index in [4.69, 9.17) is 5.73 Å². The minimum Gasteiger partial charge on any atom is -0.390 e. The van der Waals surface area contributed by atoms with Crippen molar-refractivity contribution in [3.8, 4) is 0 Å². The van der Waals surface area contributed by atoms with Crippen LogP contribution in [0.3, 0.4) is 0 Å². The second-order valence-electron chi connectivity index (χ2n) is 3.38. The van der Waals surface area contributed by atoms with Crippen molar-refractivity contribution in [1.29, 1.82) is 0 Å². The van der Waals surface area contributed by atoms with Gasteiger partial charge in [-0.3, -0.25) is 9.71 Å². The van der Waals surface area contributed by atoms with Crippen LogP contribution in [-0.4, -0.2) is 19.1 Å². The van der Waals surface area contributed by atoms with Crippen molar-refractivity contribution in [3.63, 3.8) is 0 Å². The number of nitrogens with zero attached hydrogens (tertiary/aromatic N) is 2. The maximum absolute atomic E-state index is 11.7. The number of benzene rings is 1. The molecule has 0 aliphatic carbocycles. The van der Waals surface area contributed by atoms with E-state index in [0.29, 0.717) is 11.4 Å². The van der Waals surface area contributed by atoms with Gasteiger partial charge in [0.2, 0.25) is 0 Å². The second-order valence-corrected chi connectivity index (χ2v) is 4.43. The molecule has 0 aromatic heterocycles. The number of nitrogens with one attached hydrogen (secondary N) is 2. The summed E-state index contributed by atoms with van der Waals surface area (Å²) in [5.74, 6) is 0. The van der Waals surface area contributed by atoms with Crippen molar-refractivity contribution in [2.75, 3.05) is 5.32 Å². The number of rotatable bonds is 5. The van der Waals surface area contributed by atoms with E-state index in [9.17, 15) is 4.79 Å². The molecule has 1 rings (SSSR count). The van der Waals surface area contributed by atoms with Gasteiger partial charge in [0.15, 0.2) is 0 Å². The molecule has 0 saturated carbocycles. The number of aliphatic imine (C=N–C) groups is 2. The zero-order valence-electron chi connectivity index (χ0n) is 10.5. The first kappa shape index (κ1) is 14.8. The standard InChI is InChI=1S/C12H15N5OS/c1-9(7-14-2)19-17-12(18)16-11-6-4-3-5-10(11)15-8-13/h3-8H,2H2,1H3,(H2,13,15)(H2,16,17,18)/b9-7-. The molecule has 7 heteroatoms. The summed E-state index contributed by atoms with van der Waals surface area (Å²) in [6.45, 7) is 5.14. The van der Waals surface area contributed by atoms with Crippen LogP contribution in [0.4, 0.5) is 16.2 Å². The maximum atomic E-state index is 11.7. The molecular formula is C12H15N5OS. The third-order valence-electron chi connectivity index (χ3n) is 1.94. The van der Waals surface area contributed by atoms with Crippen molar-refractivity contribution in [2.45, 2.75) is 6.92 Å². The average Bonchev–Trinajstić information content (AvgIpc) is 2.39. The summed E-state index contributed by atoms with van der Waals surface area (Å²) in [7, 11) is 0. The van der Waals surface area contributed by atoms with Gasteiger partial charge in [0.25, 0.3) is 0 Å². The molecule has 0 aliphatic rings. The summed E-state index contributed by atoms with van der Waals surface area (Å²) in [6, 6.07) is 6.73. The van der Waals surface area contributed by atoms with E-state index >= 15 is 0 Å². The average molecular weight is 277 g/mol. The van der Waals surface area contributed by atoms with E-state index in [1.165, 1.54) is 6.34 Å². The Hall–Kier alpha value is -2.28. The molecule has 19 heavy (non-hydrogen) atoms. The lowest BCUT2D eigenvalue weighted by Crippen LogP contribution is -2.22. The van der Waals surface area contributed by atoms with Crippen LogP contribution in [0, 0.1) is 0 Å². The van der Waals surface area contributed by atoms with Gasteiger partial charge in [0.1, 0.15) is 0 Å². The van der Waals surface area contributed by atoms with E-state index in [-0.39, 0.29) is 6.03 Å². The van der Waals surface area contributed by atoms with Gasteiger partial charge >= 0.3 is 6.03 Å². The van der Waals surface area contributed by atoms with E-state index in [2.05, 4.69) is 26.7 Å². The second kappa shape index (κ2) is 7.93. The zero-order valence-corrected chi connectivity index (χ0v) is 11.3. The summed E-state index contributed by atoms with van der Waals surface area (Å²) in [5, 5.41) is 2.68. The van der Waals surface area contributed by atoms with E-state index in [0.717, 1.165) is 16.9 Å². The van der Waals surface area contributed by atoms with Crippen LogP contribution in [0.2, 0.25) is 0 Å². The Kier molecular flexibility index (Phi) is 6.17. The number of anilines is 1. The first-order valence-corrected chi connectivity index (χ1v) is 6.18. The smallest absolute Gasteiger partial charge is 0.329 e. The maximum Gasteiger partial charge on any atom is 0.329 e. The molecule has 4 N–H and O–H groups in total. The van der Waals surface area contributed by atoms with Crippen molar-refractivity contribution in [2.24, 2.45) is 15.7 Å². The largest absolute Gasteiger partial charge is 0.390 e. The van der Waals surface area contributed by atoms with Crippen molar-refractivity contribution >= 4 is 42.4 Å². The Labute approximate surface area is 116 Å². The number of hydrogen-bond donors (Lipinski definition) is 3. The Bertz CT molecular complexity index is 513. The number of carbonyl (C=O) groups excluding carboxylic acids is 1. The van der Waals surface area contributed by atoms with Crippen LogP contribution < -0.4 is 15.8 Å². The third-order valence-corrected chi connectivity index (χ3v) is 2.66. The fourth-order valence-electron chi connectivity index (χ4n) is 1.20. The Balaban J connectivity index is 2.62. The highest BCUT2D eigenvalue weighted by Crippen LogP contribution is 2.23. The molecule has 0 spiro atoms. The first-order valence-electron chi connectivity index (χ1n) is 5.37. The number of urea groups is 1. The summed E-state index contributed by atoms with van der Waals surface area (Å²) in [5.41, 5.74) is 6.41. The molecule has 0 aliphatic heterocycles. The number of carbonyl (C=O) groups is 1. The van der Waals surface area contributed by atoms with Gasteiger partial charge in [-0.25, -0.2) is 9.79 Å². The molecule has 0 unspecified atom stereocenters. The number of amides is 2. The van der Waals surface area contributed by atoms with Crippen LogP contribution in [0.1, 0.15) is 6.92 Å². The summed E-state index contributed by atoms with van der Waals surface area (Å²) in [6.07, 6.45) is 2.73. The molecule has 0 fully saturated rings. The van der Waals surface area contributed by atoms with Crippen molar-refractivity contribution in [3.05, 3.63) is 35.4 Å². The number of para-hydroxylation sites is 2. The molecule has 0 bridgehead atoms. The summed E-state index contributed by atoms with van der Waals surface area (Å²) < 4.78 is 2.61. The van der Waals surface area contributed by atoms with Crippen LogP contribution >= 0.6 is 11.9 Å². The highest BCUT2D eigenvalue weighted by Gasteiger charge is 2.05. The molecule has 0 heterocycles. The predicted molar refractivity (Wildman–Crippen MR) is 81.8 cm³/mol. The van der Waals surface area contributed by atoms with Gasteiger partial charge in [-0.15, -0.1) is 0 Å². The lowest BCUT2D eigenvalue weighted by Gasteiger charge is -2.08. The summed E-state index contributed by atoms with van der Waals surface area (Å²) in [4.78, 5) is 20.0. The Morgan fingerprint density at radius 1 is 1.47 bits per heavy atom. The molecule has 0 radical (unpaired) electrons. The minimum absolute atomic E-state index is 0.360. The highest BCUT2D eigenvalue weighted by atomic mass is 32.2. The molecule has 0 saturated heterocycles. The normalized spacial score (nSPS) is 11.3. The fourth-order valence-corrected chi connectivity index (χ4v) is 1.63. The molecular weight excluding hydrogens is 262 g/mol. The number of hydrogen-bond acceptors (Lipinski definition) is 4. The zero-order chi connectivity index (χ0) is 14.1. The quantitative estimate of drug-likeness (QED) is 0.439. The lowest BCUT2D eigenvalue weighted by atomic mass is 10.3. The predicted octanol–water partition coefficient (Wildman–Crippen LogP) is 2.64. The van der Waals surface area contributed by atoms with Gasteiger partial charge in [-0.1, -0.05) is 12.1 Å². The molecule has 2 amide bonds. The Morgan fingerprint density at radius 3 is 2.89 bits per heavy atom. The van der Waals surface area contributed by atoms with Gasteiger partial charge in [0.05, 0.1) is 17.7 Å². The Morgan fingerprint density at radius 2 is 2.21 bits per heavy atom. The minimum atomic E-state index is -0.360. The van der Waals surface area contributed by atoms with Crippen LogP contribution in [-0.2, 0) is 0 Å². The van der Waals surface area contributed by atoms with Gasteiger partial charge < -0.3 is 11.1 Å². The van der Waals surface area contributed by atoms with Crippen molar-refractivity contribution < 1.29 is 4.79 Å². The van der Waals surface area contributed by atoms with Gasteiger partial charge in [-0.05, 0) is 37.7 Å². The third kappa shape index (κ3) is 5.26. The van der Waals surface area contributed by atoms with E-state index < -0.39 is 0 Å². The number of allylic oxidation sites excluding steroid dienone is 1. The fraction of sp³-hybridized carbons (Fsp3) is 0.0833. The highest BCUT2D eigenvalue weighted by molar-refractivity contribution is 8.01. The molecule has 1 aromatic carbocycles. The lowest BCUT2D eigenvalue weighted by molar-refractivity contribution is 0.257. The SMILES string of the molecule is C=N/C=C(/C)SNC(=O)Nc1ccccc1N=CN. The van der Waals surface area contributed by atoms with E-state index in [1.54, 1.807) is 24.4 Å². The van der Waals surface area contributed by atoms with Crippen molar-refractivity contribution in [1.82, 2.24) is 4.72 Å². The molecule has 0 atom stereocenters. The van der Waals surface area contributed by atoms with E-state index in [1.807, 2.05) is 13.0 Å². The van der Waals surface area contributed by atoms with Gasteiger partial charge in [0, 0.05) is 11.1 Å². The topological polar surface area (TPSA) is 91.9 Å². The monoisotopic (exact) mass is 277 g/mol. The molecule has 100 valence electrons.